The van der Waals surface area contributed by atoms with Crippen molar-refractivity contribution in [3.63, 3.8) is 0 Å². The van der Waals surface area contributed by atoms with E-state index in [1.54, 1.807) is 0 Å². The molecule has 1 aromatic rings. The maximum Gasteiger partial charge on any atom is 0.138 e. The zero-order valence-electron chi connectivity index (χ0n) is 8.13. The van der Waals surface area contributed by atoms with Gasteiger partial charge in [-0.25, -0.2) is 0 Å². The van der Waals surface area contributed by atoms with E-state index in [9.17, 15) is 4.79 Å². The number of carbonyl (C=O) groups excluding carboxylic acids is 1. The number of benzene rings is 1. The minimum atomic E-state index is -0.493. The lowest BCUT2D eigenvalue weighted by Crippen LogP contribution is -2.12. The number of alkyl halides is 1. The third kappa shape index (κ3) is 2.28. The van der Waals surface area contributed by atoms with Gasteiger partial charge < -0.3 is 4.79 Å². The van der Waals surface area contributed by atoms with Crippen molar-refractivity contribution in [2.45, 2.75) is 25.1 Å². The van der Waals surface area contributed by atoms with Gasteiger partial charge in [0.05, 0.1) is 5.38 Å². The number of hydrogen-bond acceptors (Lipinski definition) is 1. The molecule has 0 amide bonds. The van der Waals surface area contributed by atoms with Crippen LogP contribution in [-0.2, 0) is 4.79 Å². The Balaban J connectivity index is 3.06. The first kappa shape index (κ1) is 11.5. The second-order valence-electron chi connectivity index (χ2n) is 3.32. The predicted molar refractivity (Wildman–Crippen MR) is 60.3 cm³/mol. The van der Waals surface area contributed by atoms with Crippen molar-refractivity contribution in [2.75, 3.05) is 0 Å². The van der Waals surface area contributed by atoms with Gasteiger partial charge in [-0.1, -0.05) is 30.7 Å². The summed E-state index contributed by atoms with van der Waals surface area (Å²) in [5, 5.41) is 0.219. The van der Waals surface area contributed by atoms with E-state index in [0.29, 0.717) is 5.02 Å². The van der Waals surface area contributed by atoms with Crippen molar-refractivity contribution in [2.24, 2.45) is 0 Å². The fraction of sp³-hybridized carbons (Fsp3) is 0.364. The second kappa shape index (κ2) is 4.81. The first-order valence-electron chi connectivity index (χ1n) is 4.42. The molecule has 14 heavy (non-hydrogen) atoms. The Morgan fingerprint density at radius 1 is 1.43 bits per heavy atom. The fourth-order valence-electron chi connectivity index (χ4n) is 1.41. The summed E-state index contributed by atoms with van der Waals surface area (Å²) in [4.78, 5) is 10.6. The van der Waals surface area contributed by atoms with Crippen LogP contribution in [-0.4, -0.2) is 11.7 Å². The van der Waals surface area contributed by atoms with Crippen molar-refractivity contribution in [3.8, 4) is 0 Å². The van der Waals surface area contributed by atoms with E-state index < -0.39 is 5.38 Å². The minimum absolute atomic E-state index is 0.00660. The molecule has 2 atom stereocenters. The Morgan fingerprint density at radius 2 is 2.07 bits per heavy atom. The molecule has 76 valence electrons. The van der Waals surface area contributed by atoms with E-state index in [4.69, 9.17) is 23.2 Å². The average molecular weight is 231 g/mol. The first-order valence-corrected chi connectivity index (χ1v) is 5.23. The van der Waals surface area contributed by atoms with Gasteiger partial charge in [0.1, 0.15) is 6.29 Å². The molecule has 0 saturated carbocycles. The van der Waals surface area contributed by atoms with Crippen LogP contribution in [0.5, 0.6) is 0 Å². The molecule has 0 N–H and O–H groups in total. The number of aldehydes is 1. The normalized spacial score (nSPS) is 14.9. The van der Waals surface area contributed by atoms with Crippen molar-refractivity contribution in [1.29, 1.82) is 0 Å². The SMILES string of the molecule is Cc1c(Cl)cccc1C(C)C(Cl)C=O. The Bertz CT molecular complexity index is 336. The van der Waals surface area contributed by atoms with Crippen molar-refractivity contribution in [3.05, 3.63) is 34.3 Å². The zero-order chi connectivity index (χ0) is 10.7. The van der Waals surface area contributed by atoms with E-state index in [0.717, 1.165) is 17.4 Å². The summed E-state index contributed by atoms with van der Waals surface area (Å²) in [7, 11) is 0. The van der Waals surface area contributed by atoms with Crippen LogP contribution in [0.15, 0.2) is 18.2 Å². The van der Waals surface area contributed by atoms with Crippen LogP contribution >= 0.6 is 23.2 Å². The third-order valence-corrected chi connectivity index (χ3v) is 3.30. The molecule has 1 aromatic carbocycles. The zero-order valence-corrected chi connectivity index (χ0v) is 9.64. The monoisotopic (exact) mass is 230 g/mol. The van der Waals surface area contributed by atoms with Gasteiger partial charge in [-0.2, -0.15) is 0 Å². The Morgan fingerprint density at radius 3 is 2.64 bits per heavy atom. The molecule has 0 radical (unpaired) electrons. The number of carbonyl (C=O) groups is 1. The molecule has 0 aromatic heterocycles. The Hall–Kier alpha value is -0.530. The fourth-order valence-corrected chi connectivity index (χ4v) is 1.72. The smallest absolute Gasteiger partial charge is 0.138 e. The van der Waals surface area contributed by atoms with E-state index in [1.165, 1.54) is 0 Å². The highest BCUT2D eigenvalue weighted by atomic mass is 35.5. The lowest BCUT2D eigenvalue weighted by molar-refractivity contribution is -0.107. The van der Waals surface area contributed by atoms with E-state index in [-0.39, 0.29) is 5.92 Å². The van der Waals surface area contributed by atoms with Gasteiger partial charge in [0.25, 0.3) is 0 Å². The molecule has 0 aliphatic heterocycles. The van der Waals surface area contributed by atoms with E-state index in [2.05, 4.69) is 0 Å². The molecule has 0 aliphatic rings. The summed E-state index contributed by atoms with van der Waals surface area (Å²) >= 11 is 11.8. The molecular weight excluding hydrogens is 219 g/mol. The molecule has 0 saturated heterocycles. The molecule has 0 heterocycles. The number of halogens is 2. The van der Waals surface area contributed by atoms with Gasteiger partial charge in [-0.05, 0) is 24.1 Å². The van der Waals surface area contributed by atoms with Crippen LogP contribution in [0.3, 0.4) is 0 Å². The van der Waals surface area contributed by atoms with Gasteiger partial charge in [-0.3, -0.25) is 0 Å². The lowest BCUT2D eigenvalue weighted by Gasteiger charge is -2.16. The quantitative estimate of drug-likeness (QED) is 0.574. The summed E-state index contributed by atoms with van der Waals surface area (Å²) < 4.78 is 0. The van der Waals surface area contributed by atoms with Gasteiger partial charge in [-0.15, -0.1) is 11.6 Å². The molecule has 0 bridgehead atoms. The molecule has 0 fully saturated rings. The summed E-state index contributed by atoms with van der Waals surface area (Å²) in [6.45, 7) is 3.85. The summed E-state index contributed by atoms with van der Waals surface area (Å²) in [6, 6.07) is 5.65. The molecule has 0 aliphatic carbocycles. The van der Waals surface area contributed by atoms with Gasteiger partial charge in [0.2, 0.25) is 0 Å². The van der Waals surface area contributed by atoms with Crippen LogP contribution < -0.4 is 0 Å². The molecule has 3 heteroatoms. The molecule has 2 unspecified atom stereocenters. The van der Waals surface area contributed by atoms with Crippen molar-refractivity contribution < 1.29 is 4.79 Å². The van der Waals surface area contributed by atoms with E-state index >= 15 is 0 Å². The summed E-state index contributed by atoms with van der Waals surface area (Å²) in [6.07, 6.45) is 0.757. The van der Waals surface area contributed by atoms with E-state index in [1.807, 2.05) is 32.0 Å². The standard InChI is InChI=1S/C11H12Cl2O/c1-7-9(4-3-5-10(7)12)8(2)11(13)6-14/h3-6,8,11H,1-2H3. The van der Waals surface area contributed by atoms with Crippen molar-refractivity contribution in [1.82, 2.24) is 0 Å². The van der Waals surface area contributed by atoms with Gasteiger partial charge in [0.15, 0.2) is 0 Å². The Labute approximate surface area is 94.0 Å². The largest absolute Gasteiger partial charge is 0.302 e. The number of hydrogen-bond donors (Lipinski definition) is 0. The highest BCUT2D eigenvalue weighted by Gasteiger charge is 2.17. The highest BCUT2D eigenvalue weighted by molar-refractivity contribution is 6.31. The van der Waals surface area contributed by atoms with Crippen LogP contribution in [0, 0.1) is 6.92 Å². The Kier molecular flexibility index (Phi) is 3.97. The third-order valence-electron chi connectivity index (χ3n) is 2.41. The molecular formula is C11H12Cl2O. The lowest BCUT2D eigenvalue weighted by atomic mass is 9.94. The second-order valence-corrected chi connectivity index (χ2v) is 4.23. The van der Waals surface area contributed by atoms with Crippen LogP contribution in [0.1, 0.15) is 24.0 Å². The van der Waals surface area contributed by atoms with Gasteiger partial charge >= 0.3 is 0 Å². The molecule has 1 nitrogen and oxygen atoms in total. The van der Waals surface area contributed by atoms with Crippen LogP contribution in [0.4, 0.5) is 0 Å². The van der Waals surface area contributed by atoms with Crippen molar-refractivity contribution >= 4 is 29.5 Å². The number of rotatable bonds is 3. The summed E-state index contributed by atoms with van der Waals surface area (Å²) in [5.41, 5.74) is 2.03. The summed E-state index contributed by atoms with van der Waals surface area (Å²) in [5.74, 6) is -0.00660. The topological polar surface area (TPSA) is 17.1 Å². The molecule has 1 rings (SSSR count). The average Bonchev–Trinajstić information content (AvgIpc) is 2.20. The van der Waals surface area contributed by atoms with Crippen LogP contribution in [0.25, 0.3) is 0 Å². The molecule has 0 spiro atoms. The van der Waals surface area contributed by atoms with Crippen LogP contribution in [0.2, 0.25) is 5.02 Å². The van der Waals surface area contributed by atoms with Gasteiger partial charge in [0, 0.05) is 10.9 Å². The first-order chi connectivity index (χ1) is 6.57. The predicted octanol–water partition coefficient (Wildman–Crippen LogP) is 3.56. The highest BCUT2D eigenvalue weighted by Crippen LogP contribution is 2.28. The maximum absolute atomic E-state index is 10.6. The minimum Gasteiger partial charge on any atom is -0.302 e. The maximum atomic E-state index is 10.6.